The highest BCUT2D eigenvalue weighted by molar-refractivity contribution is 5.99. The van der Waals surface area contributed by atoms with E-state index in [9.17, 15) is 4.79 Å². The molecule has 4 nitrogen and oxygen atoms in total. The molecule has 2 aromatic rings. The second-order valence-corrected chi connectivity index (χ2v) is 6.20. The van der Waals surface area contributed by atoms with Gasteiger partial charge in [0.1, 0.15) is 5.54 Å². The van der Waals surface area contributed by atoms with Gasteiger partial charge in [-0.3, -0.25) is 4.79 Å². The third-order valence-corrected chi connectivity index (χ3v) is 4.68. The van der Waals surface area contributed by atoms with E-state index >= 15 is 0 Å². The van der Waals surface area contributed by atoms with Crippen LogP contribution in [0.1, 0.15) is 47.3 Å². The molecule has 2 aliphatic rings. The number of rotatable bonds is 2. The molecule has 0 aliphatic heterocycles. The largest absolute Gasteiger partial charge is 0.358 e. The number of fused-ring (bicyclic) bond motifs is 3. The van der Waals surface area contributed by atoms with Gasteiger partial charge in [-0.1, -0.05) is 0 Å². The second-order valence-electron chi connectivity index (χ2n) is 6.20. The number of nitrogens with zero attached hydrogens (tertiary/aromatic N) is 1. The molecule has 21 heavy (non-hydrogen) atoms. The fraction of sp³-hybridized carbons (Fsp3) is 0.412. The zero-order valence-corrected chi connectivity index (χ0v) is 11.8. The average Bonchev–Trinajstić information content (AvgIpc) is 3.19. The highest BCUT2D eigenvalue weighted by Gasteiger charge is 2.44. The summed E-state index contributed by atoms with van der Waals surface area (Å²) in [5, 5.41) is 13.1. The summed E-state index contributed by atoms with van der Waals surface area (Å²) in [6, 6.07) is 7.99. The van der Waals surface area contributed by atoms with Crippen LogP contribution in [0.4, 0.5) is 0 Å². The predicted molar refractivity (Wildman–Crippen MR) is 80.0 cm³/mol. The molecule has 4 rings (SSSR count). The van der Waals surface area contributed by atoms with Crippen molar-refractivity contribution >= 4 is 16.8 Å². The number of H-pyrrole nitrogens is 1. The van der Waals surface area contributed by atoms with Crippen LogP contribution in [-0.4, -0.2) is 16.4 Å². The van der Waals surface area contributed by atoms with E-state index in [0.717, 1.165) is 31.2 Å². The van der Waals surface area contributed by atoms with Gasteiger partial charge in [-0.05, 0) is 62.3 Å². The first kappa shape index (κ1) is 12.5. The van der Waals surface area contributed by atoms with Crippen LogP contribution >= 0.6 is 0 Å². The number of nitriles is 1. The fourth-order valence-electron chi connectivity index (χ4n) is 3.23. The number of carbonyl (C=O) groups is 1. The van der Waals surface area contributed by atoms with E-state index in [0.29, 0.717) is 5.56 Å². The summed E-state index contributed by atoms with van der Waals surface area (Å²) < 4.78 is 0. The average molecular weight is 279 g/mol. The minimum Gasteiger partial charge on any atom is -0.358 e. The quantitative estimate of drug-likeness (QED) is 0.887. The number of aromatic nitrogens is 1. The lowest BCUT2D eigenvalue weighted by Crippen LogP contribution is -2.35. The predicted octanol–water partition coefficient (Wildman–Crippen LogP) is 2.83. The monoisotopic (exact) mass is 279 g/mol. The van der Waals surface area contributed by atoms with Crippen molar-refractivity contribution in [3.8, 4) is 6.07 Å². The topological polar surface area (TPSA) is 68.7 Å². The molecule has 106 valence electrons. The number of hydrogen-bond donors (Lipinski definition) is 2. The molecule has 4 heteroatoms. The van der Waals surface area contributed by atoms with Gasteiger partial charge in [0.15, 0.2) is 0 Å². The Kier molecular flexibility index (Phi) is 2.58. The van der Waals surface area contributed by atoms with Crippen molar-refractivity contribution in [2.24, 2.45) is 0 Å². The van der Waals surface area contributed by atoms with Crippen molar-refractivity contribution in [3.63, 3.8) is 0 Å². The number of nitrogens with one attached hydrogen (secondary N) is 2. The van der Waals surface area contributed by atoms with Gasteiger partial charge in [0.25, 0.3) is 5.91 Å². The number of aryl methyl sites for hydroxylation is 2. The van der Waals surface area contributed by atoms with Gasteiger partial charge in [0.2, 0.25) is 0 Å². The molecule has 0 saturated heterocycles. The summed E-state index contributed by atoms with van der Waals surface area (Å²) >= 11 is 0. The van der Waals surface area contributed by atoms with Gasteiger partial charge >= 0.3 is 0 Å². The number of amides is 1. The number of aromatic amines is 1. The van der Waals surface area contributed by atoms with Gasteiger partial charge in [0.05, 0.1) is 6.07 Å². The van der Waals surface area contributed by atoms with E-state index < -0.39 is 5.54 Å². The van der Waals surface area contributed by atoms with Crippen LogP contribution in [0.15, 0.2) is 18.2 Å². The Bertz CT molecular complexity index is 777. The van der Waals surface area contributed by atoms with E-state index in [4.69, 9.17) is 5.26 Å². The van der Waals surface area contributed by atoms with Gasteiger partial charge in [-0.25, -0.2) is 0 Å². The maximum Gasteiger partial charge on any atom is 0.252 e. The zero-order valence-electron chi connectivity index (χ0n) is 11.8. The molecule has 2 N–H and O–H groups in total. The molecule has 1 amide bonds. The molecular formula is C17H17N3O. The summed E-state index contributed by atoms with van der Waals surface area (Å²) in [5.74, 6) is -0.137. The van der Waals surface area contributed by atoms with Crippen LogP contribution in [0.25, 0.3) is 10.9 Å². The van der Waals surface area contributed by atoms with Crippen LogP contribution < -0.4 is 5.32 Å². The molecule has 1 heterocycles. The lowest BCUT2D eigenvalue weighted by Gasteiger charge is -2.11. The molecule has 1 aromatic heterocycles. The van der Waals surface area contributed by atoms with E-state index in [1.807, 2.05) is 18.2 Å². The first-order valence-corrected chi connectivity index (χ1v) is 7.58. The first-order valence-electron chi connectivity index (χ1n) is 7.58. The Labute approximate surface area is 123 Å². The molecule has 1 saturated carbocycles. The van der Waals surface area contributed by atoms with Gasteiger partial charge in [-0.2, -0.15) is 5.26 Å². The Morgan fingerprint density at radius 1 is 1.29 bits per heavy atom. The van der Waals surface area contributed by atoms with Crippen LogP contribution in [0, 0.1) is 11.3 Å². The van der Waals surface area contributed by atoms with Crippen molar-refractivity contribution in [1.29, 1.82) is 5.26 Å². The summed E-state index contributed by atoms with van der Waals surface area (Å²) in [7, 11) is 0. The molecule has 0 spiro atoms. The van der Waals surface area contributed by atoms with E-state index in [1.54, 1.807) is 0 Å². The lowest BCUT2D eigenvalue weighted by atomic mass is 9.95. The Morgan fingerprint density at radius 3 is 2.86 bits per heavy atom. The lowest BCUT2D eigenvalue weighted by molar-refractivity contribution is 0.0942. The van der Waals surface area contributed by atoms with Gasteiger partial charge in [-0.15, -0.1) is 0 Å². The SMILES string of the molecule is N#CC1(NC(=O)c2ccc3[nH]c4c(c3c2)CCCC4)CC1. The third-order valence-electron chi connectivity index (χ3n) is 4.68. The highest BCUT2D eigenvalue weighted by Crippen LogP contribution is 2.35. The molecule has 1 aromatic carbocycles. The summed E-state index contributed by atoms with van der Waals surface area (Å²) in [4.78, 5) is 15.8. The molecule has 0 unspecified atom stereocenters. The summed E-state index contributed by atoms with van der Waals surface area (Å²) in [6.45, 7) is 0. The molecule has 0 radical (unpaired) electrons. The van der Waals surface area contributed by atoms with Crippen molar-refractivity contribution in [3.05, 3.63) is 35.0 Å². The van der Waals surface area contributed by atoms with Crippen LogP contribution in [0.5, 0.6) is 0 Å². The third kappa shape index (κ3) is 2.01. The Hall–Kier alpha value is -2.28. The van der Waals surface area contributed by atoms with E-state index in [1.165, 1.54) is 29.5 Å². The van der Waals surface area contributed by atoms with Gasteiger partial charge in [0, 0.05) is 22.2 Å². The van der Waals surface area contributed by atoms with Crippen LogP contribution in [0.3, 0.4) is 0 Å². The van der Waals surface area contributed by atoms with Crippen molar-refractivity contribution in [2.75, 3.05) is 0 Å². The second kappa shape index (κ2) is 4.36. The van der Waals surface area contributed by atoms with Crippen LogP contribution in [-0.2, 0) is 12.8 Å². The van der Waals surface area contributed by atoms with Crippen molar-refractivity contribution in [1.82, 2.24) is 10.3 Å². The zero-order chi connectivity index (χ0) is 14.4. The number of hydrogen-bond acceptors (Lipinski definition) is 2. The number of benzene rings is 1. The van der Waals surface area contributed by atoms with E-state index in [-0.39, 0.29) is 5.91 Å². The standard InChI is InChI=1S/C17H17N3O/c18-10-17(7-8-17)20-16(21)11-5-6-15-13(9-11)12-3-1-2-4-14(12)19-15/h5-6,9,19H,1-4,7-8H2,(H,20,21). The summed E-state index contributed by atoms with van der Waals surface area (Å²) in [6.07, 6.45) is 6.16. The smallest absolute Gasteiger partial charge is 0.252 e. The van der Waals surface area contributed by atoms with Crippen LogP contribution in [0.2, 0.25) is 0 Å². The fourth-order valence-corrected chi connectivity index (χ4v) is 3.23. The molecule has 2 aliphatic carbocycles. The van der Waals surface area contributed by atoms with Gasteiger partial charge < -0.3 is 10.3 Å². The first-order chi connectivity index (χ1) is 10.2. The maximum absolute atomic E-state index is 12.3. The van der Waals surface area contributed by atoms with Crippen molar-refractivity contribution < 1.29 is 4.79 Å². The molecular weight excluding hydrogens is 262 g/mol. The van der Waals surface area contributed by atoms with Crippen molar-refractivity contribution in [2.45, 2.75) is 44.1 Å². The maximum atomic E-state index is 12.3. The number of carbonyl (C=O) groups excluding carboxylic acids is 1. The van der Waals surface area contributed by atoms with E-state index in [2.05, 4.69) is 16.4 Å². The Balaban J connectivity index is 1.70. The minimum atomic E-state index is -0.608. The molecule has 0 atom stereocenters. The Morgan fingerprint density at radius 2 is 2.10 bits per heavy atom. The summed E-state index contributed by atoms with van der Waals surface area (Å²) in [5.41, 5.74) is 3.84. The normalized spacial score (nSPS) is 18.8. The highest BCUT2D eigenvalue weighted by atomic mass is 16.1. The molecule has 0 bridgehead atoms. The molecule has 1 fully saturated rings. The minimum absolute atomic E-state index is 0.137.